The van der Waals surface area contributed by atoms with E-state index in [9.17, 15) is 13.2 Å². The Kier molecular flexibility index (Phi) is 6.81. The van der Waals surface area contributed by atoms with E-state index in [1.807, 2.05) is 20.8 Å². The molecule has 2 heterocycles. The summed E-state index contributed by atoms with van der Waals surface area (Å²) in [4.78, 5) is 14.4. The number of hydrogen-bond donors (Lipinski definition) is 1. The standard InChI is InChI=1S/C17H30N4O4S/c1-5-26(23,24)21-8-6-15(7-9-21)20(12-14-10-18-19-11-14)13-16(22)25-17(2,3)4/h10-11,15H,5-9,12-13H2,1-4H3,(H,18,19). The van der Waals surface area contributed by atoms with E-state index in [1.165, 1.54) is 0 Å². The van der Waals surface area contributed by atoms with Gasteiger partial charge in [0.1, 0.15) is 5.60 Å². The maximum Gasteiger partial charge on any atom is 0.320 e. The smallest absolute Gasteiger partial charge is 0.320 e. The van der Waals surface area contributed by atoms with Crippen LogP contribution in [0.15, 0.2) is 12.4 Å². The molecule has 0 atom stereocenters. The molecule has 1 aromatic heterocycles. The predicted molar refractivity (Wildman–Crippen MR) is 98.9 cm³/mol. The van der Waals surface area contributed by atoms with E-state index in [0.717, 1.165) is 5.56 Å². The summed E-state index contributed by atoms with van der Waals surface area (Å²) >= 11 is 0. The molecule has 1 fully saturated rings. The van der Waals surface area contributed by atoms with E-state index >= 15 is 0 Å². The Morgan fingerprint density at radius 3 is 2.54 bits per heavy atom. The van der Waals surface area contributed by atoms with E-state index in [2.05, 4.69) is 15.1 Å². The molecule has 9 heteroatoms. The normalized spacial score (nSPS) is 17.6. The van der Waals surface area contributed by atoms with Gasteiger partial charge in [-0.05, 0) is 40.5 Å². The molecular formula is C17H30N4O4S. The number of sulfonamides is 1. The second-order valence-electron chi connectivity index (χ2n) is 7.63. The zero-order valence-electron chi connectivity index (χ0n) is 16.1. The number of piperidine rings is 1. The largest absolute Gasteiger partial charge is 0.459 e. The van der Waals surface area contributed by atoms with Crippen LogP contribution in [-0.4, -0.2) is 70.8 Å². The van der Waals surface area contributed by atoms with Gasteiger partial charge < -0.3 is 4.74 Å². The van der Waals surface area contributed by atoms with Crippen molar-refractivity contribution in [3.8, 4) is 0 Å². The van der Waals surface area contributed by atoms with E-state index in [4.69, 9.17) is 4.74 Å². The maximum absolute atomic E-state index is 12.3. The zero-order valence-corrected chi connectivity index (χ0v) is 16.9. The van der Waals surface area contributed by atoms with E-state index in [0.29, 0.717) is 32.5 Å². The molecule has 148 valence electrons. The molecule has 1 N–H and O–H groups in total. The molecule has 1 aromatic rings. The molecule has 1 saturated heterocycles. The lowest BCUT2D eigenvalue weighted by Gasteiger charge is -2.37. The third-order valence-electron chi connectivity index (χ3n) is 4.39. The Bertz CT molecular complexity index is 674. The molecule has 26 heavy (non-hydrogen) atoms. The number of esters is 1. The SMILES string of the molecule is CCS(=O)(=O)N1CCC(N(CC(=O)OC(C)(C)C)Cc2cn[nH]c2)CC1. The number of carbonyl (C=O) groups is 1. The van der Waals surface area contributed by atoms with Gasteiger partial charge in [-0.2, -0.15) is 5.10 Å². The Hall–Kier alpha value is -1.45. The fourth-order valence-corrected chi connectivity index (χ4v) is 4.25. The number of nitrogens with zero attached hydrogens (tertiary/aromatic N) is 3. The average molecular weight is 387 g/mol. The van der Waals surface area contributed by atoms with Crippen LogP contribution in [0.25, 0.3) is 0 Å². The summed E-state index contributed by atoms with van der Waals surface area (Å²) in [5.74, 6) is -0.154. The fraction of sp³-hybridized carbons (Fsp3) is 0.765. The van der Waals surface area contributed by atoms with Gasteiger partial charge in [0.05, 0.1) is 18.5 Å². The first-order valence-corrected chi connectivity index (χ1v) is 10.6. The topological polar surface area (TPSA) is 95.6 Å². The molecule has 0 aliphatic carbocycles. The van der Waals surface area contributed by atoms with Gasteiger partial charge in [0.2, 0.25) is 10.0 Å². The summed E-state index contributed by atoms with van der Waals surface area (Å²) in [6.45, 7) is 8.91. The van der Waals surface area contributed by atoms with Crippen LogP contribution in [0.5, 0.6) is 0 Å². The summed E-state index contributed by atoms with van der Waals surface area (Å²) in [6.07, 6.45) is 4.93. The second kappa shape index (κ2) is 8.49. The first-order chi connectivity index (χ1) is 12.1. The van der Waals surface area contributed by atoms with Gasteiger partial charge in [-0.3, -0.25) is 14.8 Å². The van der Waals surface area contributed by atoms with Crippen molar-refractivity contribution in [2.45, 2.75) is 58.7 Å². The first kappa shape index (κ1) is 20.9. The highest BCUT2D eigenvalue weighted by atomic mass is 32.2. The lowest BCUT2D eigenvalue weighted by Crippen LogP contribution is -2.48. The van der Waals surface area contributed by atoms with E-state index in [-0.39, 0.29) is 24.3 Å². The van der Waals surface area contributed by atoms with Crippen LogP contribution in [-0.2, 0) is 26.1 Å². The van der Waals surface area contributed by atoms with Crippen molar-refractivity contribution in [1.82, 2.24) is 19.4 Å². The minimum atomic E-state index is -3.16. The number of nitrogens with one attached hydrogen (secondary N) is 1. The lowest BCUT2D eigenvalue weighted by molar-refractivity contribution is -0.157. The molecule has 0 radical (unpaired) electrons. The van der Waals surface area contributed by atoms with Crippen LogP contribution in [0.4, 0.5) is 0 Å². The first-order valence-electron chi connectivity index (χ1n) is 9.02. The number of aromatic nitrogens is 2. The lowest BCUT2D eigenvalue weighted by atomic mass is 10.0. The van der Waals surface area contributed by atoms with Crippen molar-refractivity contribution in [1.29, 1.82) is 0 Å². The summed E-state index contributed by atoms with van der Waals surface area (Å²) < 4.78 is 31.1. The number of H-pyrrole nitrogens is 1. The van der Waals surface area contributed by atoms with Crippen molar-refractivity contribution in [3.63, 3.8) is 0 Å². The van der Waals surface area contributed by atoms with Crippen molar-refractivity contribution in [2.75, 3.05) is 25.4 Å². The average Bonchev–Trinajstić information content (AvgIpc) is 3.05. The van der Waals surface area contributed by atoms with Crippen LogP contribution in [0.2, 0.25) is 0 Å². The maximum atomic E-state index is 12.3. The molecule has 2 rings (SSSR count). The summed E-state index contributed by atoms with van der Waals surface area (Å²) in [7, 11) is -3.16. The molecule has 0 spiro atoms. The summed E-state index contributed by atoms with van der Waals surface area (Å²) in [5, 5.41) is 6.74. The van der Waals surface area contributed by atoms with Gasteiger partial charge >= 0.3 is 5.97 Å². The summed E-state index contributed by atoms with van der Waals surface area (Å²) in [6, 6.07) is 0.126. The van der Waals surface area contributed by atoms with Crippen LogP contribution < -0.4 is 0 Å². The number of ether oxygens (including phenoxy) is 1. The van der Waals surface area contributed by atoms with Gasteiger partial charge in [-0.15, -0.1) is 0 Å². The molecule has 8 nitrogen and oxygen atoms in total. The van der Waals surface area contributed by atoms with Gasteiger partial charge in [-0.25, -0.2) is 12.7 Å². The van der Waals surface area contributed by atoms with E-state index in [1.54, 1.807) is 23.6 Å². The van der Waals surface area contributed by atoms with Crippen LogP contribution in [0, 0.1) is 0 Å². The minimum absolute atomic E-state index is 0.119. The Labute approximate surface area is 155 Å². The Morgan fingerprint density at radius 2 is 2.04 bits per heavy atom. The molecule has 0 unspecified atom stereocenters. The zero-order chi connectivity index (χ0) is 19.4. The number of hydrogen-bond acceptors (Lipinski definition) is 6. The van der Waals surface area contributed by atoms with Crippen LogP contribution in [0.1, 0.15) is 46.1 Å². The molecule has 0 saturated carbocycles. The molecule has 0 aromatic carbocycles. The van der Waals surface area contributed by atoms with Gasteiger partial charge in [0.15, 0.2) is 0 Å². The highest BCUT2D eigenvalue weighted by Crippen LogP contribution is 2.21. The van der Waals surface area contributed by atoms with Gasteiger partial charge in [0.25, 0.3) is 0 Å². The van der Waals surface area contributed by atoms with E-state index < -0.39 is 15.6 Å². The molecule has 1 aliphatic rings. The molecule has 0 amide bonds. The highest BCUT2D eigenvalue weighted by Gasteiger charge is 2.31. The second-order valence-corrected chi connectivity index (χ2v) is 9.89. The van der Waals surface area contributed by atoms with Crippen molar-refractivity contribution in [2.24, 2.45) is 0 Å². The van der Waals surface area contributed by atoms with Gasteiger partial charge in [-0.1, -0.05) is 0 Å². The molecular weight excluding hydrogens is 356 g/mol. The monoisotopic (exact) mass is 386 g/mol. The highest BCUT2D eigenvalue weighted by molar-refractivity contribution is 7.89. The van der Waals surface area contributed by atoms with Crippen LogP contribution >= 0.6 is 0 Å². The van der Waals surface area contributed by atoms with Crippen molar-refractivity contribution in [3.05, 3.63) is 18.0 Å². The third kappa shape index (κ3) is 6.07. The molecule has 1 aliphatic heterocycles. The molecule has 0 bridgehead atoms. The Balaban J connectivity index is 2.03. The van der Waals surface area contributed by atoms with Crippen molar-refractivity contribution < 1.29 is 17.9 Å². The van der Waals surface area contributed by atoms with Crippen LogP contribution in [0.3, 0.4) is 0 Å². The van der Waals surface area contributed by atoms with Crippen molar-refractivity contribution >= 4 is 16.0 Å². The Morgan fingerprint density at radius 1 is 1.38 bits per heavy atom. The quantitative estimate of drug-likeness (QED) is 0.711. The number of rotatable bonds is 7. The number of aromatic amines is 1. The predicted octanol–water partition coefficient (Wildman–Crippen LogP) is 1.37. The van der Waals surface area contributed by atoms with Gasteiger partial charge in [0, 0.05) is 37.4 Å². The summed E-state index contributed by atoms with van der Waals surface area (Å²) in [5.41, 5.74) is 0.453. The number of carbonyl (C=O) groups excluding carboxylic acids is 1. The third-order valence-corrected chi connectivity index (χ3v) is 6.27. The fourth-order valence-electron chi connectivity index (χ4n) is 3.12. The minimum Gasteiger partial charge on any atom is -0.459 e.